The van der Waals surface area contributed by atoms with Gasteiger partial charge in [-0.2, -0.15) is 0 Å². The molecule has 1 N–H and O–H groups in total. The molecular weight excluding hydrogens is 314 g/mol. The lowest BCUT2D eigenvalue weighted by Gasteiger charge is -2.35. The second-order valence-electron chi connectivity index (χ2n) is 7.28. The molecule has 1 saturated heterocycles. The number of piperazine rings is 1. The maximum absolute atomic E-state index is 12.2. The van der Waals surface area contributed by atoms with Gasteiger partial charge in [-0.05, 0) is 37.8 Å². The number of carbonyl (C=O) groups excluding carboxylic acids is 1. The zero-order valence-electron chi connectivity index (χ0n) is 16.0. The Morgan fingerprint density at radius 2 is 1.80 bits per heavy atom. The summed E-state index contributed by atoms with van der Waals surface area (Å²) in [6.45, 7) is 12.7. The third kappa shape index (κ3) is 7.34. The van der Waals surface area contributed by atoms with Gasteiger partial charge in [0.15, 0.2) is 0 Å². The summed E-state index contributed by atoms with van der Waals surface area (Å²) in [4.78, 5) is 16.5. The summed E-state index contributed by atoms with van der Waals surface area (Å²) in [6, 6.07) is 8.17. The SMILES string of the molecule is Cc1ccc(OCCCCNC(=O)N2CCN(CC(C)C)CC2)cc1. The van der Waals surface area contributed by atoms with Gasteiger partial charge in [0.2, 0.25) is 0 Å². The number of ether oxygens (including phenoxy) is 1. The quantitative estimate of drug-likeness (QED) is 0.735. The first-order chi connectivity index (χ1) is 12.0. The highest BCUT2D eigenvalue weighted by atomic mass is 16.5. The average Bonchev–Trinajstić information content (AvgIpc) is 2.59. The second kappa shape index (κ2) is 10.3. The number of nitrogens with one attached hydrogen (secondary N) is 1. The van der Waals surface area contributed by atoms with Gasteiger partial charge in [-0.3, -0.25) is 4.90 Å². The number of hydrogen-bond donors (Lipinski definition) is 1. The maximum Gasteiger partial charge on any atom is 0.317 e. The first-order valence-corrected chi connectivity index (χ1v) is 9.49. The number of nitrogens with zero attached hydrogens (tertiary/aromatic N) is 2. The minimum absolute atomic E-state index is 0.0728. The van der Waals surface area contributed by atoms with E-state index in [0.717, 1.165) is 51.3 Å². The molecule has 0 aromatic heterocycles. The third-order valence-electron chi connectivity index (χ3n) is 4.42. The topological polar surface area (TPSA) is 44.8 Å². The van der Waals surface area contributed by atoms with E-state index < -0.39 is 0 Å². The van der Waals surface area contributed by atoms with Crippen LogP contribution in [0.2, 0.25) is 0 Å². The van der Waals surface area contributed by atoms with Crippen LogP contribution in [-0.4, -0.2) is 61.7 Å². The molecule has 1 aliphatic heterocycles. The van der Waals surface area contributed by atoms with Crippen molar-refractivity contribution in [3.8, 4) is 5.75 Å². The number of amides is 2. The van der Waals surface area contributed by atoms with Crippen LogP contribution in [0, 0.1) is 12.8 Å². The predicted octanol–water partition coefficient (Wildman–Crippen LogP) is 3.14. The maximum atomic E-state index is 12.2. The summed E-state index contributed by atoms with van der Waals surface area (Å²) < 4.78 is 5.70. The normalized spacial score (nSPS) is 15.4. The molecule has 0 atom stereocenters. The highest BCUT2D eigenvalue weighted by Gasteiger charge is 2.20. The molecule has 1 heterocycles. The second-order valence-corrected chi connectivity index (χ2v) is 7.28. The van der Waals surface area contributed by atoms with Crippen LogP contribution in [0.15, 0.2) is 24.3 Å². The van der Waals surface area contributed by atoms with Crippen LogP contribution in [0.4, 0.5) is 4.79 Å². The molecule has 5 nitrogen and oxygen atoms in total. The van der Waals surface area contributed by atoms with E-state index in [-0.39, 0.29) is 6.03 Å². The van der Waals surface area contributed by atoms with Crippen molar-refractivity contribution in [3.05, 3.63) is 29.8 Å². The molecule has 0 saturated carbocycles. The standard InChI is InChI=1S/C20H33N3O2/c1-17(2)16-22-11-13-23(14-12-22)20(24)21-10-4-5-15-25-19-8-6-18(3)7-9-19/h6-9,17H,4-5,10-16H2,1-3H3,(H,21,24). The number of rotatable bonds is 8. The van der Waals surface area contributed by atoms with Crippen LogP contribution in [0.1, 0.15) is 32.3 Å². The van der Waals surface area contributed by atoms with E-state index in [4.69, 9.17) is 4.74 Å². The summed E-state index contributed by atoms with van der Waals surface area (Å²) in [5.41, 5.74) is 1.24. The van der Waals surface area contributed by atoms with Crippen molar-refractivity contribution in [2.24, 2.45) is 5.92 Å². The van der Waals surface area contributed by atoms with Crippen LogP contribution >= 0.6 is 0 Å². The van der Waals surface area contributed by atoms with Crippen LogP contribution in [0.25, 0.3) is 0 Å². The minimum Gasteiger partial charge on any atom is -0.494 e. The molecule has 1 fully saturated rings. The molecule has 0 radical (unpaired) electrons. The van der Waals surface area contributed by atoms with Crippen molar-refractivity contribution in [2.75, 3.05) is 45.9 Å². The summed E-state index contributed by atoms with van der Waals surface area (Å²) in [7, 11) is 0. The summed E-state index contributed by atoms with van der Waals surface area (Å²) in [6.07, 6.45) is 1.88. The first-order valence-electron chi connectivity index (χ1n) is 9.49. The minimum atomic E-state index is 0.0728. The Kier molecular flexibility index (Phi) is 8.06. The highest BCUT2D eigenvalue weighted by Crippen LogP contribution is 2.11. The lowest BCUT2D eigenvalue weighted by molar-refractivity contribution is 0.131. The van der Waals surface area contributed by atoms with Crippen molar-refractivity contribution >= 4 is 6.03 Å². The van der Waals surface area contributed by atoms with Gasteiger partial charge in [0.1, 0.15) is 5.75 Å². The highest BCUT2D eigenvalue weighted by molar-refractivity contribution is 5.74. The first kappa shape index (κ1) is 19.6. The molecule has 2 rings (SSSR count). The molecule has 1 aromatic rings. The number of urea groups is 1. The monoisotopic (exact) mass is 347 g/mol. The van der Waals surface area contributed by atoms with E-state index in [2.05, 4.69) is 43.1 Å². The third-order valence-corrected chi connectivity index (χ3v) is 4.42. The number of benzene rings is 1. The van der Waals surface area contributed by atoms with E-state index in [0.29, 0.717) is 19.1 Å². The van der Waals surface area contributed by atoms with Crippen LogP contribution in [0.5, 0.6) is 5.75 Å². The van der Waals surface area contributed by atoms with E-state index in [1.807, 2.05) is 17.0 Å². The molecule has 25 heavy (non-hydrogen) atoms. The Labute approximate surface area is 152 Å². The Morgan fingerprint density at radius 3 is 2.44 bits per heavy atom. The predicted molar refractivity (Wildman–Crippen MR) is 102 cm³/mol. The summed E-state index contributed by atoms with van der Waals surface area (Å²) >= 11 is 0. The van der Waals surface area contributed by atoms with Crippen molar-refractivity contribution in [2.45, 2.75) is 33.6 Å². The molecule has 1 aliphatic rings. The van der Waals surface area contributed by atoms with Gasteiger partial charge >= 0.3 is 6.03 Å². The largest absolute Gasteiger partial charge is 0.494 e. The van der Waals surface area contributed by atoms with E-state index in [1.165, 1.54) is 5.56 Å². The lowest BCUT2D eigenvalue weighted by Crippen LogP contribution is -2.52. The number of unbranched alkanes of at least 4 members (excludes halogenated alkanes) is 1. The fourth-order valence-electron chi connectivity index (χ4n) is 3.01. The molecule has 1 aromatic carbocycles. The molecule has 0 bridgehead atoms. The zero-order valence-corrected chi connectivity index (χ0v) is 16.0. The summed E-state index contributed by atoms with van der Waals surface area (Å²) in [5.74, 6) is 1.59. The lowest BCUT2D eigenvalue weighted by atomic mass is 10.2. The molecule has 5 heteroatoms. The Bertz CT molecular complexity index is 508. The van der Waals surface area contributed by atoms with E-state index >= 15 is 0 Å². The molecule has 0 unspecified atom stereocenters. The molecular formula is C20H33N3O2. The van der Waals surface area contributed by atoms with Crippen molar-refractivity contribution in [1.82, 2.24) is 15.1 Å². The van der Waals surface area contributed by atoms with Gasteiger partial charge in [0, 0.05) is 39.3 Å². The van der Waals surface area contributed by atoms with E-state index in [9.17, 15) is 4.79 Å². The fourth-order valence-corrected chi connectivity index (χ4v) is 3.01. The Balaban J connectivity index is 1.52. The van der Waals surface area contributed by atoms with Gasteiger partial charge < -0.3 is 15.0 Å². The Hall–Kier alpha value is -1.75. The average molecular weight is 348 g/mol. The van der Waals surface area contributed by atoms with Crippen LogP contribution in [-0.2, 0) is 0 Å². The fraction of sp³-hybridized carbons (Fsp3) is 0.650. The Morgan fingerprint density at radius 1 is 1.12 bits per heavy atom. The van der Waals surface area contributed by atoms with E-state index in [1.54, 1.807) is 0 Å². The zero-order chi connectivity index (χ0) is 18.1. The molecule has 140 valence electrons. The summed E-state index contributed by atoms with van der Waals surface area (Å²) in [5, 5.41) is 3.03. The van der Waals surface area contributed by atoms with Gasteiger partial charge in [0.25, 0.3) is 0 Å². The number of carbonyl (C=O) groups is 1. The van der Waals surface area contributed by atoms with Gasteiger partial charge in [0.05, 0.1) is 6.61 Å². The molecule has 0 spiro atoms. The molecule has 0 aliphatic carbocycles. The number of aryl methyl sites for hydroxylation is 1. The van der Waals surface area contributed by atoms with Crippen molar-refractivity contribution < 1.29 is 9.53 Å². The van der Waals surface area contributed by atoms with Crippen molar-refractivity contribution in [3.63, 3.8) is 0 Å². The molecule has 2 amide bonds. The van der Waals surface area contributed by atoms with Crippen LogP contribution in [0.3, 0.4) is 0 Å². The van der Waals surface area contributed by atoms with Crippen molar-refractivity contribution in [1.29, 1.82) is 0 Å². The van der Waals surface area contributed by atoms with Crippen LogP contribution < -0.4 is 10.1 Å². The van der Waals surface area contributed by atoms with Gasteiger partial charge in [-0.1, -0.05) is 31.5 Å². The number of hydrogen-bond acceptors (Lipinski definition) is 3. The van der Waals surface area contributed by atoms with Gasteiger partial charge in [-0.15, -0.1) is 0 Å². The van der Waals surface area contributed by atoms with Gasteiger partial charge in [-0.25, -0.2) is 4.79 Å². The smallest absolute Gasteiger partial charge is 0.317 e.